The van der Waals surface area contributed by atoms with E-state index in [1.54, 1.807) is 6.07 Å². The second kappa shape index (κ2) is 11.0. The van der Waals surface area contributed by atoms with Crippen molar-refractivity contribution >= 4 is 5.78 Å². The highest BCUT2D eigenvalue weighted by atomic mass is 16.5. The zero-order valence-electron chi connectivity index (χ0n) is 17.8. The third-order valence-corrected chi connectivity index (χ3v) is 6.18. The Labute approximate surface area is 175 Å². The number of Topliss-reactive ketones (excluding diaryl/α,β-unsaturated/α-hetero) is 1. The summed E-state index contributed by atoms with van der Waals surface area (Å²) in [5, 5.41) is 21.4. The number of para-hydroxylation sites is 1. The summed E-state index contributed by atoms with van der Waals surface area (Å²) < 4.78 is 6.30. The molecule has 1 saturated heterocycles. The van der Waals surface area contributed by atoms with Crippen LogP contribution in [-0.2, 0) is 0 Å². The molecule has 2 aliphatic rings. The quantitative estimate of drug-likeness (QED) is 0.718. The zero-order chi connectivity index (χ0) is 21.2. The Kier molecular flexibility index (Phi) is 8.68. The first-order chi connectivity index (χ1) is 14.0. The highest BCUT2D eigenvalue weighted by Gasteiger charge is 2.57. The monoisotopic (exact) mass is 395 g/mol. The van der Waals surface area contributed by atoms with Crippen LogP contribution >= 0.6 is 0 Å². The van der Waals surface area contributed by atoms with Crippen LogP contribution in [-0.4, -0.2) is 24.5 Å². The molecule has 1 aromatic rings. The van der Waals surface area contributed by atoms with Crippen molar-refractivity contribution in [2.24, 2.45) is 5.41 Å². The van der Waals surface area contributed by atoms with Crippen LogP contribution < -0.4 is 10.1 Å². The van der Waals surface area contributed by atoms with Crippen LogP contribution in [0.2, 0.25) is 0 Å². The van der Waals surface area contributed by atoms with Crippen molar-refractivity contribution in [2.75, 3.05) is 13.1 Å². The molecule has 1 aromatic carbocycles. The van der Waals surface area contributed by atoms with Crippen LogP contribution in [0, 0.1) is 28.1 Å². The molecule has 2 aliphatic heterocycles. The summed E-state index contributed by atoms with van der Waals surface area (Å²) in [6.45, 7) is 6.51. The predicted octanol–water partition coefficient (Wildman–Crippen LogP) is 5.17. The molecule has 5 nitrogen and oxygen atoms in total. The third-order valence-electron chi connectivity index (χ3n) is 6.18. The molecule has 29 heavy (non-hydrogen) atoms. The maximum absolute atomic E-state index is 13.3. The van der Waals surface area contributed by atoms with Gasteiger partial charge in [0.15, 0.2) is 5.78 Å². The fourth-order valence-corrected chi connectivity index (χ4v) is 4.57. The number of rotatable bonds is 6. The van der Waals surface area contributed by atoms with Crippen molar-refractivity contribution in [3.63, 3.8) is 0 Å². The van der Waals surface area contributed by atoms with Gasteiger partial charge in [-0.15, -0.1) is 0 Å². The smallest absolute Gasteiger partial charge is 0.176 e. The number of nitriles is 2. The number of fused-ring (bicyclic) bond motifs is 1. The van der Waals surface area contributed by atoms with Gasteiger partial charge in [0.2, 0.25) is 0 Å². The molecule has 1 atom stereocenters. The maximum Gasteiger partial charge on any atom is 0.176 e. The fraction of sp³-hybridized carbons (Fsp3) is 0.625. The summed E-state index contributed by atoms with van der Waals surface area (Å²) in [4.78, 5) is 13.3. The highest BCUT2D eigenvalue weighted by Crippen LogP contribution is 2.52. The van der Waals surface area contributed by atoms with Gasteiger partial charge in [0, 0.05) is 12.8 Å². The van der Waals surface area contributed by atoms with Crippen molar-refractivity contribution in [3.05, 3.63) is 29.8 Å². The van der Waals surface area contributed by atoms with Gasteiger partial charge in [0.25, 0.3) is 0 Å². The second-order valence-electron chi connectivity index (χ2n) is 8.12. The topological polar surface area (TPSA) is 85.9 Å². The van der Waals surface area contributed by atoms with Crippen molar-refractivity contribution in [1.82, 2.24) is 5.32 Å². The number of ketones is 1. The van der Waals surface area contributed by atoms with Gasteiger partial charge in [-0.1, -0.05) is 31.9 Å². The lowest BCUT2D eigenvalue weighted by molar-refractivity contribution is -0.0550. The van der Waals surface area contributed by atoms with Gasteiger partial charge in [-0.25, -0.2) is 0 Å². The lowest BCUT2D eigenvalue weighted by Gasteiger charge is -2.50. The molecular weight excluding hydrogens is 362 g/mol. The van der Waals surface area contributed by atoms with Crippen molar-refractivity contribution in [2.45, 2.75) is 77.2 Å². The lowest BCUT2D eigenvalue weighted by Crippen LogP contribution is -2.57. The van der Waals surface area contributed by atoms with E-state index in [-0.39, 0.29) is 18.6 Å². The summed E-state index contributed by atoms with van der Waals surface area (Å²) in [6, 6.07) is 11.6. The van der Waals surface area contributed by atoms with E-state index in [1.165, 1.54) is 32.4 Å². The normalized spacial score (nSPS) is 22.1. The number of hydrogen-bond donors (Lipinski definition) is 1. The molecule has 1 fully saturated rings. The molecule has 0 bridgehead atoms. The van der Waals surface area contributed by atoms with Crippen LogP contribution in [0.25, 0.3) is 0 Å². The zero-order valence-corrected chi connectivity index (χ0v) is 17.8. The molecule has 0 aromatic heterocycles. The van der Waals surface area contributed by atoms with Gasteiger partial charge in [-0.3, -0.25) is 4.79 Å². The molecule has 156 valence electrons. The number of benzene rings is 1. The number of nitrogens with zero attached hydrogens (tertiary/aromatic N) is 2. The van der Waals surface area contributed by atoms with Crippen molar-refractivity contribution < 1.29 is 9.53 Å². The number of hydrogen-bond acceptors (Lipinski definition) is 5. The first-order valence-electron chi connectivity index (χ1n) is 10.8. The minimum absolute atomic E-state index is 0.0146. The van der Waals surface area contributed by atoms with Crippen molar-refractivity contribution in [1.29, 1.82) is 10.5 Å². The molecule has 0 saturated carbocycles. The van der Waals surface area contributed by atoms with Gasteiger partial charge in [0.05, 0.1) is 23.1 Å². The molecule has 1 unspecified atom stereocenters. The van der Waals surface area contributed by atoms with Crippen LogP contribution in [0.3, 0.4) is 0 Å². The Bertz CT molecular complexity index is 729. The number of ether oxygens (including phenoxy) is 1. The average molecular weight is 396 g/mol. The fourth-order valence-electron chi connectivity index (χ4n) is 4.57. The Morgan fingerprint density at radius 2 is 1.66 bits per heavy atom. The first-order valence-corrected chi connectivity index (χ1v) is 10.8. The highest BCUT2D eigenvalue weighted by molar-refractivity contribution is 6.04. The summed E-state index contributed by atoms with van der Waals surface area (Å²) in [6.07, 6.45) is 7.21. The average Bonchev–Trinajstić information content (AvgIpc) is 2.75. The molecule has 0 spiro atoms. The molecule has 1 N–H and O–H groups in total. The van der Waals surface area contributed by atoms with Crippen LogP contribution in [0.15, 0.2) is 24.3 Å². The largest absolute Gasteiger partial charge is 0.486 e. The van der Waals surface area contributed by atoms with Gasteiger partial charge in [-0.2, -0.15) is 10.5 Å². The van der Waals surface area contributed by atoms with E-state index in [0.29, 0.717) is 30.6 Å². The molecule has 2 heterocycles. The van der Waals surface area contributed by atoms with Gasteiger partial charge in [0.1, 0.15) is 11.4 Å². The van der Waals surface area contributed by atoms with Crippen LogP contribution in [0.5, 0.6) is 5.75 Å². The Hall–Kier alpha value is -2.37. The summed E-state index contributed by atoms with van der Waals surface area (Å²) >= 11 is 0. The number of carbonyl (C=O) groups excluding carboxylic acids is 1. The standard InChI is InChI=1S/C19H22N2O2.C5H11N/c1-3-10-18(2)19(11-6-13-20,12-7-14-21)17(22)15-8-4-5-9-16(15)23-18;1-2-4-6-5-3-1/h4-5,8-9H,3,6-7,10-12H2,1-2H3;6H,1-5H2. The molecule has 3 rings (SSSR count). The molecule has 0 amide bonds. The number of nitrogens with one attached hydrogen (secondary N) is 1. The lowest BCUT2D eigenvalue weighted by atomic mass is 9.60. The van der Waals surface area contributed by atoms with E-state index in [9.17, 15) is 4.79 Å². The number of carbonyl (C=O) groups is 1. The Balaban J connectivity index is 0.000000426. The minimum Gasteiger partial charge on any atom is -0.486 e. The van der Waals surface area contributed by atoms with Crippen LogP contribution in [0.4, 0.5) is 0 Å². The van der Waals surface area contributed by atoms with E-state index < -0.39 is 11.0 Å². The van der Waals surface area contributed by atoms with E-state index in [1.807, 2.05) is 25.1 Å². The van der Waals surface area contributed by atoms with E-state index in [4.69, 9.17) is 15.3 Å². The van der Waals surface area contributed by atoms with Gasteiger partial charge < -0.3 is 10.1 Å². The first kappa shape index (κ1) is 22.9. The molecular formula is C24H33N3O2. The van der Waals surface area contributed by atoms with Gasteiger partial charge >= 0.3 is 0 Å². The van der Waals surface area contributed by atoms with Gasteiger partial charge in [-0.05, 0) is 64.3 Å². The van der Waals surface area contributed by atoms with E-state index in [2.05, 4.69) is 24.4 Å². The Morgan fingerprint density at radius 1 is 1.03 bits per heavy atom. The van der Waals surface area contributed by atoms with Crippen molar-refractivity contribution in [3.8, 4) is 17.9 Å². The van der Waals surface area contributed by atoms with E-state index in [0.717, 1.165) is 6.42 Å². The summed E-state index contributed by atoms with van der Waals surface area (Å²) in [5.41, 5.74) is -0.944. The maximum atomic E-state index is 13.3. The molecule has 5 heteroatoms. The molecule has 0 aliphatic carbocycles. The van der Waals surface area contributed by atoms with Crippen LogP contribution in [0.1, 0.15) is 82.0 Å². The summed E-state index contributed by atoms with van der Waals surface area (Å²) in [5.74, 6) is 0.624. The minimum atomic E-state index is -0.817. The second-order valence-corrected chi connectivity index (χ2v) is 8.12. The van der Waals surface area contributed by atoms with E-state index >= 15 is 0 Å². The Morgan fingerprint density at radius 3 is 2.14 bits per heavy atom. The SMILES string of the molecule is C1CCNCC1.CCCC1(C)Oc2ccccc2C(=O)C1(CCC#N)CCC#N. The predicted molar refractivity (Wildman–Crippen MR) is 114 cm³/mol. The third kappa shape index (κ3) is 5.17. The summed E-state index contributed by atoms with van der Waals surface area (Å²) in [7, 11) is 0. The molecule has 0 radical (unpaired) electrons. The number of piperidine rings is 1.